The zero-order valence-corrected chi connectivity index (χ0v) is 12.3. The van der Waals surface area contributed by atoms with Crippen LogP contribution >= 0.6 is 0 Å². The van der Waals surface area contributed by atoms with Crippen LogP contribution in [0.15, 0.2) is 30.3 Å². The zero-order valence-electron chi connectivity index (χ0n) is 12.3. The topological polar surface area (TPSA) is 101 Å². The Kier molecular flexibility index (Phi) is 3.73. The van der Waals surface area contributed by atoms with Crippen molar-refractivity contribution in [3.05, 3.63) is 47.0 Å². The first-order valence-corrected chi connectivity index (χ1v) is 7.26. The summed E-state index contributed by atoms with van der Waals surface area (Å²) in [7, 11) is 0. The number of carbonyl (C=O) groups excluding carboxylic acids is 1. The van der Waals surface area contributed by atoms with Gasteiger partial charge in [0.15, 0.2) is 23.0 Å². The molecule has 0 saturated heterocycles. The van der Waals surface area contributed by atoms with Gasteiger partial charge < -0.3 is 25.3 Å². The number of carbonyl (C=O) groups is 1. The Morgan fingerprint density at radius 1 is 1.00 bits per heavy atom. The van der Waals surface area contributed by atoms with Crippen LogP contribution in [0.25, 0.3) is 0 Å². The summed E-state index contributed by atoms with van der Waals surface area (Å²) in [4.78, 5) is 13.0. The lowest BCUT2D eigenvalue weighted by atomic mass is 9.88. The number of fused-ring (bicyclic) bond motifs is 1. The second-order valence-electron chi connectivity index (χ2n) is 5.68. The molecule has 6 heteroatoms. The zero-order chi connectivity index (χ0) is 16.6. The van der Waals surface area contributed by atoms with E-state index in [1.165, 1.54) is 24.3 Å². The van der Waals surface area contributed by atoms with Gasteiger partial charge in [0.05, 0.1) is 6.04 Å². The minimum atomic E-state index is -0.313. The van der Waals surface area contributed by atoms with Crippen molar-refractivity contribution in [2.45, 2.75) is 18.9 Å². The fourth-order valence-electron chi connectivity index (χ4n) is 3.02. The molecule has 2 aromatic rings. The molecule has 1 amide bonds. The number of hydrogen-bond donors (Lipinski definition) is 4. The minimum absolute atomic E-state index is 0.177. The lowest BCUT2D eigenvalue weighted by molar-refractivity contribution is -0.120. The van der Waals surface area contributed by atoms with E-state index in [1.807, 2.05) is 0 Å². The number of phenols is 4. The molecule has 6 nitrogen and oxygen atoms in total. The first-order chi connectivity index (χ1) is 11.0. The molecule has 4 N–H and O–H groups in total. The largest absolute Gasteiger partial charge is 0.504 e. The van der Waals surface area contributed by atoms with Gasteiger partial charge in [-0.1, -0.05) is 6.07 Å². The van der Waals surface area contributed by atoms with E-state index in [9.17, 15) is 25.2 Å². The third-order valence-corrected chi connectivity index (χ3v) is 4.24. The van der Waals surface area contributed by atoms with Gasteiger partial charge in [0, 0.05) is 6.54 Å². The quantitative estimate of drug-likeness (QED) is 0.511. The summed E-state index contributed by atoms with van der Waals surface area (Å²) in [5, 5.41) is 38.4. The average molecular weight is 315 g/mol. The second kappa shape index (κ2) is 5.72. The number of phenolic OH excluding ortho intramolecular Hbond substituents is 4. The van der Waals surface area contributed by atoms with Gasteiger partial charge in [-0.15, -0.1) is 0 Å². The van der Waals surface area contributed by atoms with Gasteiger partial charge in [-0.05, 0) is 53.8 Å². The van der Waals surface area contributed by atoms with Gasteiger partial charge in [-0.2, -0.15) is 0 Å². The van der Waals surface area contributed by atoms with Crippen molar-refractivity contribution in [3.63, 3.8) is 0 Å². The second-order valence-corrected chi connectivity index (χ2v) is 5.68. The molecule has 0 fully saturated rings. The summed E-state index contributed by atoms with van der Waals surface area (Å²) in [5.41, 5.74) is 2.40. The molecule has 1 unspecified atom stereocenters. The van der Waals surface area contributed by atoms with Gasteiger partial charge in [0.2, 0.25) is 6.41 Å². The number of nitrogens with zero attached hydrogens (tertiary/aromatic N) is 1. The molecule has 23 heavy (non-hydrogen) atoms. The Morgan fingerprint density at radius 3 is 2.39 bits per heavy atom. The SMILES string of the molecule is O=CN1CCc2cc(O)c(O)cc2C1Cc1ccc(O)c(O)c1. The highest BCUT2D eigenvalue weighted by Gasteiger charge is 2.28. The van der Waals surface area contributed by atoms with Crippen LogP contribution in [0.1, 0.15) is 22.7 Å². The van der Waals surface area contributed by atoms with Gasteiger partial charge in [0.25, 0.3) is 0 Å². The van der Waals surface area contributed by atoms with Crippen molar-refractivity contribution >= 4 is 6.41 Å². The Morgan fingerprint density at radius 2 is 1.70 bits per heavy atom. The highest BCUT2D eigenvalue weighted by molar-refractivity contribution is 5.55. The van der Waals surface area contributed by atoms with Crippen molar-refractivity contribution in [2.24, 2.45) is 0 Å². The number of aromatic hydroxyl groups is 4. The third-order valence-electron chi connectivity index (χ3n) is 4.24. The Hall–Kier alpha value is -2.89. The van der Waals surface area contributed by atoms with Crippen LogP contribution in [0.5, 0.6) is 23.0 Å². The van der Waals surface area contributed by atoms with Crippen molar-refractivity contribution in [1.29, 1.82) is 0 Å². The standard InChI is InChI=1S/C17H17NO5/c19-9-18-4-3-11-7-16(22)17(23)8-12(11)13(18)5-10-1-2-14(20)15(21)6-10/h1-2,6-9,13,20-23H,3-5H2. The van der Waals surface area contributed by atoms with Crippen LogP contribution in [0, 0.1) is 0 Å². The number of amides is 1. The molecule has 2 aromatic carbocycles. The summed E-state index contributed by atoms with van der Waals surface area (Å²) in [6.07, 6.45) is 1.78. The molecule has 0 radical (unpaired) electrons. The van der Waals surface area contributed by atoms with E-state index >= 15 is 0 Å². The molecule has 0 spiro atoms. The van der Waals surface area contributed by atoms with Crippen LogP contribution in [0.3, 0.4) is 0 Å². The highest BCUT2D eigenvalue weighted by Crippen LogP contribution is 2.38. The third kappa shape index (κ3) is 2.75. The van der Waals surface area contributed by atoms with E-state index < -0.39 is 0 Å². The molecule has 0 saturated carbocycles. The maximum absolute atomic E-state index is 11.4. The number of hydrogen-bond acceptors (Lipinski definition) is 5. The number of benzene rings is 2. The van der Waals surface area contributed by atoms with Crippen molar-refractivity contribution in [3.8, 4) is 23.0 Å². The monoisotopic (exact) mass is 315 g/mol. The fraction of sp³-hybridized carbons (Fsp3) is 0.235. The molecule has 0 bridgehead atoms. The smallest absolute Gasteiger partial charge is 0.210 e. The van der Waals surface area contributed by atoms with Crippen molar-refractivity contribution < 1.29 is 25.2 Å². The molecule has 1 aliphatic heterocycles. The van der Waals surface area contributed by atoms with E-state index in [2.05, 4.69) is 0 Å². The predicted octanol–water partition coefficient (Wildman–Crippen LogP) is 1.81. The maximum Gasteiger partial charge on any atom is 0.210 e. The van der Waals surface area contributed by atoms with Crippen molar-refractivity contribution in [2.75, 3.05) is 6.54 Å². The van der Waals surface area contributed by atoms with Crippen LogP contribution < -0.4 is 0 Å². The molecule has 3 rings (SSSR count). The van der Waals surface area contributed by atoms with E-state index in [-0.39, 0.29) is 29.0 Å². The van der Waals surface area contributed by atoms with Crippen LogP contribution in [0.2, 0.25) is 0 Å². The molecule has 1 atom stereocenters. The molecular weight excluding hydrogens is 298 g/mol. The average Bonchev–Trinajstić information content (AvgIpc) is 2.53. The van der Waals surface area contributed by atoms with E-state index in [4.69, 9.17) is 0 Å². The molecule has 0 aromatic heterocycles. The Bertz CT molecular complexity index is 759. The molecule has 0 aliphatic carbocycles. The van der Waals surface area contributed by atoms with Crippen LogP contribution in [-0.2, 0) is 17.6 Å². The van der Waals surface area contributed by atoms with E-state index in [0.717, 1.165) is 23.1 Å². The van der Waals surface area contributed by atoms with E-state index in [1.54, 1.807) is 11.0 Å². The lowest BCUT2D eigenvalue weighted by Crippen LogP contribution is -2.35. The molecule has 1 aliphatic rings. The van der Waals surface area contributed by atoms with Gasteiger partial charge in [-0.25, -0.2) is 0 Å². The normalized spacial score (nSPS) is 16.9. The van der Waals surface area contributed by atoms with Crippen molar-refractivity contribution in [1.82, 2.24) is 4.90 Å². The number of rotatable bonds is 3. The van der Waals surface area contributed by atoms with Gasteiger partial charge in [-0.3, -0.25) is 4.79 Å². The summed E-state index contributed by atoms with van der Waals surface area (Å²) in [6, 6.07) is 7.21. The predicted molar refractivity (Wildman–Crippen MR) is 82.5 cm³/mol. The van der Waals surface area contributed by atoms with Crippen LogP contribution in [0.4, 0.5) is 0 Å². The van der Waals surface area contributed by atoms with E-state index in [0.29, 0.717) is 19.4 Å². The summed E-state index contributed by atoms with van der Waals surface area (Å²) in [6.45, 7) is 0.509. The Labute approximate surface area is 132 Å². The summed E-state index contributed by atoms with van der Waals surface area (Å²) >= 11 is 0. The van der Waals surface area contributed by atoms with Gasteiger partial charge >= 0.3 is 0 Å². The Balaban J connectivity index is 2.00. The molecule has 1 heterocycles. The van der Waals surface area contributed by atoms with Crippen LogP contribution in [-0.4, -0.2) is 38.3 Å². The van der Waals surface area contributed by atoms with Gasteiger partial charge in [0.1, 0.15) is 0 Å². The highest BCUT2D eigenvalue weighted by atomic mass is 16.3. The summed E-state index contributed by atoms with van der Waals surface area (Å²) < 4.78 is 0. The fourth-order valence-corrected chi connectivity index (χ4v) is 3.02. The minimum Gasteiger partial charge on any atom is -0.504 e. The first kappa shape index (κ1) is 15.0. The summed E-state index contributed by atoms with van der Waals surface area (Å²) in [5.74, 6) is -0.822. The molecular formula is C17H17NO5. The first-order valence-electron chi connectivity index (χ1n) is 7.26. The maximum atomic E-state index is 11.4. The molecule has 120 valence electrons. The lowest BCUT2D eigenvalue weighted by Gasteiger charge is -2.35.